The van der Waals surface area contributed by atoms with Crippen LogP contribution in [0.4, 0.5) is 0 Å². The summed E-state index contributed by atoms with van der Waals surface area (Å²) in [5.74, 6) is 1.67. The lowest BCUT2D eigenvalue weighted by molar-refractivity contribution is 0.371. The Morgan fingerprint density at radius 2 is 2.33 bits per heavy atom. The smallest absolute Gasteiger partial charge is 0.000709 e. The molecule has 2 unspecified atom stereocenters. The zero-order chi connectivity index (χ0) is 8.97. The van der Waals surface area contributed by atoms with Crippen LogP contribution in [0.2, 0.25) is 0 Å². The molecule has 1 fully saturated rings. The molecule has 2 N–H and O–H groups in total. The minimum Gasteiger partial charge on any atom is -0.330 e. The maximum absolute atomic E-state index is 5.57. The first-order chi connectivity index (χ1) is 5.72. The van der Waals surface area contributed by atoms with Crippen molar-refractivity contribution >= 4 is 0 Å². The van der Waals surface area contributed by atoms with E-state index in [2.05, 4.69) is 18.9 Å². The van der Waals surface area contributed by atoms with Gasteiger partial charge in [-0.2, -0.15) is 0 Å². The van der Waals surface area contributed by atoms with Crippen LogP contribution in [0.5, 0.6) is 0 Å². The zero-order valence-electron chi connectivity index (χ0n) is 8.42. The maximum Gasteiger partial charge on any atom is 0.000709 e. The van der Waals surface area contributed by atoms with Gasteiger partial charge in [-0.05, 0) is 51.2 Å². The fourth-order valence-corrected chi connectivity index (χ4v) is 1.90. The monoisotopic (exact) mass is 170 g/mol. The lowest BCUT2D eigenvalue weighted by Crippen LogP contribution is -2.15. The van der Waals surface area contributed by atoms with Gasteiger partial charge < -0.3 is 10.6 Å². The van der Waals surface area contributed by atoms with Crippen molar-refractivity contribution in [2.45, 2.75) is 26.2 Å². The summed E-state index contributed by atoms with van der Waals surface area (Å²) >= 11 is 0. The summed E-state index contributed by atoms with van der Waals surface area (Å²) in [7, 11) is 2.21. The van der Waals surface area contributed by atoms with E-state index >= 15 is 0 Å². The largest absolute Gasteiger partial charge is 0.330 e. The first-order valence-corrected chi connectivity index (χ1v) is 5.11. The molecule has 0 aromatic heterocycles. The van der Waals surface area contributed by atoms with E-state index in [1.165, 1.54) is 32.4 Å². The summed E-state index contributed by atoms with van der Waals surface area (Å²) < 4.78 is 0. The van der Waals surface area contributed by atoms with Crippen molar-refractivity contribution in [3.8, 4) is 0 Å². The average molecular weight is 170 g/mol. The Hall–Kier alpha value is -0.0800. The number of nitrogens with zero attached hydrogens (tertiary/aromatic N) is 1. The molecule has 2 atom stereocenters. The van der Waals surface area contributed by atoms with E-state index in [-0.39, 0.29) is 0 Å². The quantitative estimate of drug-likeness (QED) is 0.689. The van der Waals surface area contributed by atoms with Gasteiger partial charge in [0, 0.05) is 6.54 Å². The fraction of sp³-hybridized carbons (Fsp3) is 1.00. The van der Waals surface area contributed by atoms with Crippen molar-refractivity contribution in [3.05, 3.63) is 0 Å². The first kappa shape index (κ1) is 10.0. The number of hydrogen-bond acceptors (Lipinski definition) is 2. The highest BCUT2D eigenvalue weighted by atomic mass is 15.1. The molecule has 0 saturated carbocycles. The molecule has 0 spiro atoms. The summed E-state index contributed by atoms with van der Waals surface area (Å²) in [6.45, 7) is 5.69. The molecular formula is C10H22N2. The molecule has 2 nitrogen and oxygen atoms in total. The van der Waals surface area contributed by atoms with Crippen molar-refractivity contribution in [2.75, 3.05) is 26.7 Å². The number of rotatable bonds is 4. The number of hydrogen-bond donors (Lipinski definition) is 1. The molecule has 1 saturated heterocycles. The van der Waals surface area contributed by atoms with Gasteiger partial charge in [-0.3, -0.25) is 0 Å². The first-order valence-electron chi connectivity index (χ1n) is 5.11. The van der Waals surface area contributed by atoms with Crippen molar-refractivity contribution in [1.29, 1.82) is 0 Å². The molecule has 0 radical (unpaired) electrons. The summed E-state index contributed by atoms with van der Waals surface area (Å²) in [6, 6.07) is 0. The standard InChI is InChI=1S/C10H22N2/c1-9(7-11)3-4-10-5-6-12(2)8-10/h9-10H,3-8,11H2,1-2H3. The molecule has 0 aromatic rings. The average Bonchev–Trinajstić information content (AvgIpc) is 2.47. The zero-order valence-corrected chi connectivity index (χ0v) is 8.42. The molecular weight excluding hydrogens is 148 g/mol. The minimum atomic E-state index is 0.718. The Balaban J connectivity index is 2.07. The summed E-state index contributed by atoms with van der Waals surface area (Å²) in [6.07, 6.45) is 4.09. The van der Waals surface area contributed by atoms with E-state index in [1.54, 1.807) is 0 Å². The van der Waals surface area contributed by atoms with Crippen molar-refractivity contribution in [2.24, 2.45) is 17.6 Å². The molecule has 1 rings (SSSR count). The second-order valence-electron chi connectivity index (χ2n) is 4.34. The molecule has 0 bridgehead atoms. The highest BCUT2D eigenvalue weighted by Crippen LogP contribution is 2.21. The third-order valence-electron chi connectivity index (χ3n) is 2.96. The highest BCUT2D eigenvalue weighted by Gasteiger charge is 2.19. The lowest BCUT2D eigenvalue weighted by Gasteiger charge is -2.13. The minimum absolute atomic E-state index is 0.718. The molecule has 0 amide bonds. The Kier molecular flexibility index (Phi) is 4.02. The van der Waals surface area contributed by atoms with Crippen LogP contribution in [0.1, 0.15) is 26.2 Å². The molecule has 1 aliphatic heterocycles. The van der Waals surface area contributed by atoms with Crippen LogP contribution in [0, 0.1) is 11.8 Å². The Bertz CT molecular complexity index is 125. The second kappa shape index (κ2) is 4.83. The van der Waals surface area contributed by atoms with E-state index < -0.39 is 0 Å². The van der Waals surface area contributed by atoms with Gasteiger partial charge in [0.1, 0.15) is 0 Å². The van der Waals surface area contributed by atoms with Crippen LogP contribution in [0.15, 0.2) is 0 Å². The number of likely N-dealkylation sites (tertiary alicyclic amines) is 1. The highest BCUT2D eigenvalue weighted by molar-refractivity contribution is 4.73. The maximum atomic E-state index is 5.57. The van der Waals surface area contributed by atoms with E-state index in [0.717, 1.165) is 18.4 Å². The second-order valence-corrected chi connectivity index (χ2v) is 4.34. The normalized spacial score (nSPS) is 27.8. The van der Waals surface area contributed by atoms with E-state index in [9.17, 15) is 0 Å². The third-order valence-corrected chi connectivity index (χ3v) is 2.96. The molecule has 1 aliphatic rings. The summed E-state index contributed by atoms with van der Waals surface area (Å²) in [5, 5.41) is 0. The van der Waals surface area contributed by atoms with Gasteiger partial charge in [-0.25, -0.2) is 0 Å². The van der Waals surface area contributed by atoms with E-state index in [0.29, 0.717) is 0 Å². The summed E-state index contributed by atoms with van der Waals surface area (Å²) in [5.41, 5.74) is 5.57. The van der Waals surface area contributed by atoms with E-state index in [4.69, 9.17) is 5.73 Å². The Morgan fingerprint density at radius 1 is 1.58 bits per heavy atom. The predicted molar refractivity (Wildman–Crippen MR) is 53.1 cm³/mol. The third kappa shape index (κ3) is 3.11. The van der Waals surface area contributed by atoms with Crippen molar-refractivity contribution < 1.29 is 0 Å². The van der Waals surface area contributed by atoms with Gasteiger partial charge in [-0.1, -0.05) is 6.92 Å². The molecule has 2 heteroatoms. The van der Waals surface area contributed by atoms with Gasteiger partial charge >= 0.3 is 0 Å². The molecule has 1 heterocycles. The van der Waals surface area contributed by atoms with Gasteiger partial charge in [0.2, 0.25) is 0 Å². The Labute approximate surface area is 76.1 Å². The van der Waals surface area contributed by atoms with Crippen molar-refractivity contribution in [3.63, 3.8) is 0 Å². The van der Waals surface area contributed by atoms with E-state index in [1.807, 2.05) is 0 Å². The molecule has 0 aromatic carbocycles. The van der Waals surface area contributed by atoms with Crippen molar-refractivity contribution in [1.82, 2.24) is 4.90 Å². The number of nitrogens with two attached hydrogens (primary N) is 1. The lowest BCUT2D eigenvalue weighted by atomic mass is 9.96. The molecule has 72 valence electrons. The Morgan fingerprint density at radius 3 is 2.83 bits per heavy atom. The topological polar surface area (TPSA) is 29.3 Å². The van der Waals surface area contributed by atoms with Crippen LogP contribution < -0.4 is 5.73 Å². The summed E-state index contributed by atoms with van der Waals surface area (Å²) in [4.78, 5) is 2.43. The predicted octanol–water partition coefficient (Wildman–Crippen LogP) is 1.31. The molecule has 0 aliphatic carbocycles. The van der Waals surface area contributed by atoms with Crippen LogP contribution in [0.25, 0.3) is 0 Å². The van der Waals surface area contributed by atoms with Gasteiger partial charge in [0.25, 0.3) is 0 Å². The van der Waals surface area contributed by atoms with Gasteiger partial charge in [0.05, 0.1) is 0 Å². The van der Waals surface area contributed by atoms with Crippen LogP contribution in [-0.2, 0) is 0 Å². The van der Waals surface area contributed by atoms with Gasteiger partial charge in [-0.15, -0.1) is 0 Å². The van der Waals surface area contributed by atoms with Crippen LogP contribution in [0.3, 0.4) is 0 Å². The molecule has 12 heavy (non-hydrogen) atoms. The fourth-order valence-electron chi connectivity index (χ4n) is 1.90. The van der Waals surface area contributed by atoms with Crippen LogP contribution >= 0.6 is 0 Å². The van der Waals surface area contributed by atoms with Crippen LogP contribution in [-0.4, -0.2) is 31.6 Å². The SMILES string of the molecule is CC(CN)CCC1CCN(C)C1. The van der Waals surface area contributed by atoms with Gasteiger partial charge in [0.15, 0.2) is 0 Å².